The average molecular weight is 496 g/mol. The topological polar surface area (TPSA) is 114 Å². The van der Waals surface area contributed by atoms with Gasteiger partial charge in [0.2, 0.25) is 5.91 Å². The van der Waals surface area contributed by atoms with Crippen molar-refractivity contribution in [3.63, 3.8) is 0 Å². The molecule has 0 spiro atoms. The Morgan fingerprint density at radius 3 is 2.39 bits per heavy atom. The number of anilines is 1. The molecule has 0 bridgehead atoms. The Balaban J connectivity index is 1.66. The number of nitrogens with zero attached hydrogens (tertiary/aromatic N) is 2. The van der Waals surface area contributed by atoms with Gasteiger partial charge in [-0.2, -0.15) is 0 Å². The molecule has 0 aromatic heterocycles. The van der Waals surface area contributed by atoms with E-state index in [1.54, 1.807) is 23.1 Å². The summed E-state index contributed by atoms with van der Waals surface area (Å²) in [5.41, 5.74) is 2.34. The van der Waals surface area contributed by atoms with Gasteiger partial charge in [0.05, 0.1) is 26.2 Å². The molecule has 36 heavy (non-hydrogen) atoms. The van der Waals surface area contributed by atoms with Crippen molar-refractivity contribution in [1.82, 2.24) is 10.2 Å². The molecule has 2 unspecified atom stereocenters. The monoisotopic (exact) mass is 495 g/mol. The molecule has 2 aliphatic rings. The highest BCUT2D eigenvalue weighted by atomic mass is 16.5. The second kappa shape index (κ2) is 10.7. The molecule has 0 radical (unpaired) electrons. The Morgan fingerprint density at radius 2 is 1.75 bits per heavy atom. The van der Waals surface area contributed by atoms with Crippen LogP contribution in [0.5, 0.6) is 11.5 Å². The third-order valence-electron chi connectivity index (χ3n) is 6.46. The van der Waals surface area contributed by atoms with Gasteiger partial charge in [0.1, 0.15) is 0 Å². The van der Waals surface area contributed by atoms with Crippen molar-refractivity contribution in [3.8, 4) is 11.5 Å². The fraction of sp³-hybridized carbons (Fsp3) is 0.385. The molecule has 4 amide bonds. The molecule has 1 N–H and O–H groups in total. The second-order valence-corrected chi connectivity index (χ2v) is 8.69. The first kappa shape index (κ1) is 25.0. The van der Waals surface area contributed by atoms with Gasteiger partial charge in [0, 0.05) is 25.2 Å². The van der Waals surface area contributed by atoms with E-state index >= 15 is 0 Å². The zero-order chi connectivity index (χ0) is 25.8. The van der Waals surface area contributed by atoms with Crippen LogP contribution < -0.4 is 19.7 Å². The first-order chi connectivity index (χ1) is 17.3. The van der Waals surface area contributed by atoms with Gasteiger partial charge in [0.25, 0.3) is 5.91 Å². The zero-order valence-electron chi connectivity index (χ0n) is 20.5. The predicted octanol–water partition coefficient (Wildman–Crippen LogP) is 2.59. The van der Waals surface area contributed by atoms with Crippen molar-refractivity contribution in [2.24, 2.45) is 5.92 Å². The molecule has 2 atom stereocenters. The third-order valence-corrected chi connectivity index (χ3v) is 6.46. The number of rotatable bonds is 7. The summed E-state index contributed by atoms with van der Waals surface area (Å²) in [6, 6.07) is 11.5. The minimum Gasteiger partial charge on any atom is -0.493 e. The van der Waals surface area contributed by atoms with Crippen LogP contribution in [0.3, 0.4) is 0 Å². The van der Waals surface area contributed by atoms with Crippen molar-refractivity contribution in [2.45, 2.75) is 25.8 Å². The lowest BCUT2D eigenvalue weighted by molar-refractivity contribution is -0.156. The van der Waals surface area contributed by atoms with Gasteiger partial charge in [-0.05, 0) is 43.2 Å². The van der Waals surface area contributed by atoms with E-state index in [9.17, 15) is 19.2 Å². The van der Waals surface area contributed by atoms with Crippen LogP contribution in [0, 0.1) is 12.8 Å². The predicted molar refractivity (Wildman–Crippen MR) is 130 cm³/mol. The van der Waals surface area contributed by atoms with E-state index in [4.69, 9.17) is 14.2 Å². The number of carbonyl (C=O) groups excluding carboxylic acids is 4. The summed E-state index contributed by atoms with van der Waals surface area (Å²) >= 11 is 0. The van der Waals surface area contributed by atoms with Crippen LogP contribution in [0.2, 0.25) is 0 Å². The fourth-order valence-corrected chi connectivity index (χ4v) is 4.59. The third kappa shape index (κ3) is 4.98. The molecular weight excluding hydrogens is 466 g/mol. The quantitative estimate of drug-likeness (QED) is 0.587. The molecule has 10 heteroatoms. The van der Waals surface area contributed by atoms with E-state index in [1.807, 2.05) is 31.2 Å². The van der Waals surface area contributed by atoms with Gasteiger partial charge < -0.3 is 24.4 Å². The summed E-state index contributed by atoms with van der Waals surface area (Å²) in [6.45, 7) is 1.98. The molecule has 4 rings (SSSR count). The Morgan fingerprint density at radius 1 is 1.03 bits per heavy atom. The van der Waals surface area contributed by atoms with Gasteiger partial charge in [-0.3, -0.25) is 19.3 Å². The largest absolute Gasteiger partial charge is 0.493 e. The van der Waals surface area contributed by atoms with Crippen LogP contribution in [0.4, 0.5) is 10.5 Å². The molecule has 2 saturated heterocycles. The number of benzene rings is 2. The molecule has 0 aliphatic carbocycles. The molecule has 2 heterocycles. The highest BCUT2D eigenvalue weighted by molar-refractivity contribution is 5.98. The van der Waals surface area contributed by atoms with Crippen LogP contribution in [-0.2, 0) is 19.1 Å². The summed E-state index contributed by atoms with van der Waals surface area (Å²) in [7, 11) is 3.04. The molecule has 2 fully saturated rings. The van der Waals surface area contributed by atoms with Gasteiger partial charge in [-0.25, -0.2) is 4.79 Å². The van der Waals surface area contributed by atoms with Crippen molar-refractivity contribution >= 4 is 29.5 Å². The maximum absolute atomic E-state index is 13.3. The number of amides is 4. The first-order valence-corrected chi connectivity index (χ1v) is 11.7. The van der Waals surface area contributed by atoms with Crippen LogP contribution in [-0.4, -0.2) is 62.6 Å². The van der Waals surface area contributed by atoms with E-state index in [0.29, 0.717) is 29.3 Å². The van der Waals surface area contributed by atoms with Crippen LogP contribution in [0.25, 0.3) is 0 Å². The maximum atomic E-state index is 13.3. The fourth-order valence-electron chi connectivity index (χ4n) is 4.59. The Kier molecular flexibility index (Phi) is 7.42. The van der Waals surface area contributed by atoms with E-state index in [-0.39, 0.29) is 25.3 Å². The minimum atomic E-state index is -0.748. The summed E-state index contributed by atoms with van der Waals surface area (Å²) in [4.78, 5) is 53.3. The molecule has 2 aromatic rings. The zero-order valence-corrected chi connectivity index (χ0v) is 20.5. The average Bonchev–Trinajstić information content (AvgIpc) is 3.33. The smallest absolute Gasteiger partial charge is 0.324 e. The number of esters is 1. The highest BCUT2D eigenvalue weighted by Gasteiger charge is 2.43. The minimum absolute atomic E-state index is 0.132. The summed E-state index contributed by atoms with van der Waals surface area (Å²) in [5, 5.41) is 2.54. The molecule has 2 aromatic carbocycles. The molecule has 2 aliphatic heterocycles. The number of hydrogen-bond donors (Lipinski definition) is 1. The summed E-state index contributed by atoms with van der Waals surface area (Å²) in [5.74, 6) is -1.12. The number of aryl methyl sites for hydroxylation is 1. The van der Waals surface area contributed by atoms with E-state index in [0.717, 1.165) is 10.5 Å². The van der Waals surface area contributed by atoms with Gasteiger partial charge >= 0.3 is 12.0 Å². The molecule has 190 valence electrons. The van der Waals surface area contributed by atoms with Gasteiger partial charge in [0.15, 0.2) is 18.1 Å². The van der Waals surface area contributed by atoms with Crippen LogP contribution >= 0.6 is 0 Å². The summed E-state index contributed by atoms with van der Waals surface area (Å²) < 4.78 is 16.2. The van der Waals surface area contributed by atoms with Crippen molar-refractivity contribution in [2.75, 3.05) is 38.8 Å². The van der Waals surface area contributed by atoms with Crippen molar-refractivity contribution < 1.29 is 33.4 Å². The molecular formula is C26H29N3O7. The van der Waals surface area contributed by atoms with E-state index in [2.05, 4.69) is 5.32 Å². The second-order valence-electron chi connectivity index (χ2n) is 8.69. The van der Waals surface area contributed by atoms with E-state index < -0.39 is 36.5 Å². The highest BCUT2D eigenvalue weighted by Crippen LogP contribution is 2.42. The molecule has 10 nitrogen and oxygen atoms in total. The van der Waals surface area contributed by atoms with Gasteiger partial charge in [-0.1, -0.05) is 23.8 Å². The first-order valence-electron chi connectivity index (χ1n) is 11.7. The lowest BCUT2D eigenvalue weighted by atomic mass is 9.83. The number of hydrogen-bond acceptors (Lipinski definition) is 7. The standard InChI is InChI=1S/C26H29N3O7/c1-16-4-7-18(8-5-16)29-22(30)11-9-19(24(29)17-6-10-20(34-2)21(14-17)35-3)25(32)36-15-23(31)28-13-12-27-26(28)33/h4-8,10,14,19,24H,9,11-13,15H2,1-3H3,(H,27,33). The van der Waals surface area contributed by atoms with Crippen LogP contribution in [0.15, 0.2) is 42.5 Å². The van der Waals surface area contributed by atoms with Gasteiger partial charge in [-0.15, -0.1) is 0 Å². The normalized spacial score (nSPS) is 19.6. The number of imide groups is 1. The number of nitrogens with one attached hydrogen (secondary N) is 1. The lowest BCUT2D eigenvalue weighted by Gasteiger charge is -2.40. The summed E-state index contributed by atoms with van der Waals surface area (Å²) in [6.07, 6.45) is 0.386. The Hall–Kier alpha value is -4.08. The van der Waals surface area contributed by atoms with Crippen LogP contribution in [0.1, 0.15) is 30.0 Å². The Labute approximate surface area is 209 Å². The number of carbonyl (C=O) groups is 4. The number of ether oxygens (including phenoxy) is 3. The lowest BCUT2D eigenvalue weighted by Crippen LogP contribution is -2.46. The number of piperidine rings is 1. The number of methoxy groups -OCH3 is 2. The number of urea groups is 1. The maximum Gasteiger partial charge on any atom is 0.324 e. The molecule has 0 saturated carbocycles. The van der Waals surface area contributed by atoms with Crippen molar-refractivity contribution in [1.29, 1.82) is 0 Å². The SMILES string of the molecule is COc1ccc(C2C(C(=O)OCC(=O)N3CCNC3=O)CCC(=O)N2c2ccc(C)cc2)cc1OC. The van der Waals surface area contributed by atoms with E-state index in [1.165, 1.54) is 14.2 Å². The Bertz CT molecular complexity index is 1160. The van der Waals surface area contributed by atoms with Crippen molar-refractivity contribution in [3.05, 3.63) is 53.6 Å².